The molecule has 0 fully saturated rings. The Kier molecular flexibility index (Phi) is 3.95. The van der Waals surface area contributed by atoms with Crippen LogP contribution < -0.4 is 5.73 Å². The molecule has 1 unspecified atom stereocenters. The summed E-state index contributed by atoms with van der Waals surface area (Å²) in [4.78, 5) is 19.1. The molecule has 0 radical (unpaired) electrons. The molecule has 0 saturated heterocycles. The average molecular weight is 325 g/mol. The smallest absolute Gasteiger partial charge is 0.273 e. The second kappa shape index (κ2) is 5.82. The Labute approximate surface area is 142 Å². The van der Waals surface area contributed by atoms with Gasteiger partial charge in [-0.2, -0.15) is 0 Å². The van der Waals surface area contributed by atoms with Gasteiger partial charge in [-0.15, -0.1) is 0 Å². The second-order valence-electron chi connectivity index (χ2n) is 7.37. The zero-order chi connectivity index (χ0) is 17.5. The van der Waals surface area contributed by atoms with Gasteiger partial charge in [0.15, 0.2) is 0 Å². The van der Waals surface area contributed by atoms with Crippen LogP contribution in [0, 0.1) is 5.41 Å². The summed E-state index contributed by atoms with van der Waals surface area (Å²) in [6, 6.07) is 8.62. The van der Waals surface area contributed by atoms with Crippen LogP contribution in [-0.4, -0.2) is 27.4 Å². The minimum Gasteiger partial charge on any atom is -0.508 e. The highest BCUT2D eigenvalue weighted by Crippen LogP contribution is 2.43. The fourth-order valence-electron chi connectivity index (χ4n) is 3.48. The number of benzene rings is 1. The van der Waals surface area contributed by atoms with Crippen molar-refractivity contribution in [3.8, 4) is 5.75 Å². The van der Waals surface area contributed by atoms with Crippen LogP contribution in [0.5, 0.6) is 5.75 Å². The first-order valence-electron chi connectivity index (χ1n) is 8.11. The molecule has 1 atom stereocenters. The molecule has 0 aliphatic carbocycles. The maximum Gasteiger partial charge on any atom is 0.273 e. The lowest BCUT2D eigenvalue weighted by molar-refractivity contribution is 0.0477. The van der Waals surface area contributed by atoms with Crippen molar-refractivity contribution >= 4 is 11.6 Å². The molecule has 1 amide bonds. The van der Waals surface area contributed by atoms with Crippen LogP contribution in [-0.2, 0) is 6.42 Å². The van der Waals surface area contributed by atoms with Gasteiger partial charge < -0.3 is 15.7 Å². The summed E-state index contributed by atoms with van der Waals surface area (Å²) in [5, 5.41) is 9.76. The Morgan fingerprint density at radius 2 is 2.04 bits per heavy atom. The molecule has 3 rings (SSSR count). The zero-order valence-electron chi connectivity index (χ0n) is 14.3. The first-order chi connectivity index (χ1) is 11.3. The van der Waals surface area contributed by atoms with Crippen LogP contribution in [0.2, 0.25) is 0 Å². The molecular formula is C19H23N3O2. The van der Waals surface area contributed by atoms with E-state index in [1.807, 2.05) is 11.0 Å². The lowest BCUT2D eigenvalue weighted by Crippen LogP contribution is -2.45. The minimum atomic E-state index is -0.151. The van der Waals surface area contributed by atoms with Crippen LogP contribution >= 0.6 is 0 Å². The largest absolute Gasteiger partial charge is 0.508 e. The number of carbonyl (C=O) groups excluding carboxylic acids is 1. The number of pyridine rings is 1. The van der Waals surface area contributed by atoms with E-state index in [0.717, 1.165) is 11.1 Å². The lowest BCUT2D eigenvalue weighted by Gasteiger charge is -2.44. The van der Waals surface area contributed by atoms with Gasteiger partial charge in [-0.25, -0.2) is 0 Å². The van der Waals surface area contributed by atoms with Crippen molar-refractivity contribution in [3.05, 3.63) is 53.3 Å². The number of aromatic nitrogens is 1. The maximum absolute atomic E-state index is 13.0. The van der Waals surface area contributed by atoms with Gasteiger partial charge in [-0.1, -0.05) is 26.8 Å². The van der Waals surface area contributed by atoms with Crippen LogP contribution in [0.25, 0.3) is 0 Å². The summed E-state index contributed by atoms with van der Waals surface area (Å²) in [7, 11) is 0. The third-order valence-electron chi connectivity index (χ3n) is 4.44. The number of nitrogen functional groups attached to an aromatic ring is 1. The van der Waals surface area contributed by atoms with Crippen molar-refractivity contribution < 1.29 is 9.90 Å². The van der Waals surface area contributed by atoms with Crippen LogP contribution in [0.4, 0.5) is 5.69 Å². The van der Waals surface area contributed by atoms with Crippen molar-refractivity contribution in [1.29, 1.82) is 0 Å². The Hall–Kier alpha value is -2.56. The monoisotopic (exact) mass is 325 g/mol. The zero-order valence-corrected chi connectivity index (χ0v) is 14.3. The van der Waals surface area contributed by atoms with E-state index < -0.39 is 0 Å². The number of hydrogen-bond donors (Lipinski definition) is 2. The van der Waals surface area contributed by atoms with Crippen LogP contribution in [0.3, 0.4) is 0 Å². The average Bonchev–Trinajstić information content (AvgIpc) is 2.52. The maximum atomic E-state index is 13.0. The molecule has 2 aromatic rings. The topological polar surface area (TPSA) is 79.5 Å². The highest BCUT2D eigenvalue weighted by Gasteiger charge is 2.39. The van der Waals surface area contributed by atoms with E-state index in [4.69, 9.17) is 5.73 Å². The van der Waals surface area contributed by atoms with Gasteiger partial charge in [0.25, 0.3) is 5.91 Å². The van der Waals surface area contributed by atoms with Gasteiger partial charge >= 0.3 is 0 Å². The Morgan fingerprint density at radius 3 is 2.71 bits per heavy atom. The van der Waals surface area contributed by atoms with E-state index in [9.17, 15) is 9.90 Å². The Bertz CT molecular complexity index is 780. The van der Waals surface area contributed by atoms with Gasteiger partial charge in [-0.3, -0.25) is 9.78 Å². The van der Waals surface area contributed by atoms with Crippen molar-refractivity contribution in [2.24, 2.45) is 5.41 Å². The lowest BCUT2D eigenvalue weighted by atomic mass is 9.77. The SMILES string of the molecule is CC(C)(C)C1c2ccc(O)cc2CCN1C(=O)c1cc(N)ccn1. The molecule has 24 heavy (non-hydrogen) atoms. The fourth-order valence-corrected chi connectivity index (χ4v) is 3.48. The molecule has 1 aliphatic heterocycles. The molecule has 2 heterocycles. The van der Waals surface area contributed by atoms with Gasteiger partial charge in [0.05, 0.1) is 6.04 Å². The first-order valence-corrected chi connectivity index (χ1v) is 8.11. The van der Waals surface area contributed by atoms with Gasteiger partial charge in [0.1, 0.15) is 11.4 Å². The molecule has 1 aromatic heterocycles. The van der Waals surface area contributed by atoms with Crippen molar-refractivity contribution in [2.45, 2.75) is 33.2 Å². The highest BCUT2D eigenvalue weighted by molar-refractivity contribution is 5.93. The predicted molar refractivity (Wildman–Crippen MR) is 93.7 cm³/mol. The van der Waals surface area contributed by atoms with E-state index in [1.54, 1.807) is 30.5 Å². The molecule has 1 aromatic carbocycles. The van der Waals surface area contributed by atoms with Crippen LogP contribution in [0.15, 0.2) is 36.5 Å². The van der Waals surface area contributed by atoms with E-state index >= 15 is 0 Å². The molecule has 0 bridgehead atoms. The molecule has 5 heteroatoms. The number of hydrogen-bond acceptors (Lipinski definition) is 4. The standard InChI is InChI=1S/C19H23N3O2/c1-19(2,3)17-15-5-4-14(23)10-12(15)7-9-22(17)18(24)16-11-13(20)6-8-21-16/h4-6,8,10-11,17,23H,7,9H2,1-3H3,(H2,20,21). The molecule has 126 valence electrons. The number of phenolic OH excluding ortho intramolecular Hbond substituents is 1. The van der Waals surface area contributed by atoms with Crippen molar-refractivity contribution in [3.63, 3.8) is 0 Å². The first kappa shape index (κ1) is 16.3. The number of phenols is 1. The van der Waals surface area contributed by atoms with Gasteiger partial charge in [0, 0.05) is 18.4 Å². The van der Waals surface area contributed by atoms with E-state index in [-0.39, 0.29) is 23.1 Å². The molecule has 0 saturated carbocycles. The summed E-state index contributed by atoms with van der Waals surface area (Å²) < 4.78 is 0. The highest BCUT2D eigenvalue weighted by atomic mass is 16.3. The third-order valence-corrected chi connectivity index (χ3v) is 4.44. The molecule has 5 nitrogen and oxygen atoms in total. The number of rotatable bonds is 1. The number of fused-ring (bicyclic) bond motifs is 1. The number of nitrogens with two attached hydrogens (primary N) is 1. The number of anilines is 1. The number of amides is 1. The van der Waals surface area contributed by atoms with Crippen LogP contribution in [0.1, 0.15) is 48.4 Å². The van der Waals surface area contributed by atoms with E-state index in [0.29, 0.717) is 24.3 Å². The van der Waals surface area contributed by atoms with Crippen molar-refractivity contribution in [1.82, 2.24) is 9.88 Å². The molecule has 3 N–H and O–H groups in total. The summed E-state index contributed by atoms with van der Waals surface area (Å²) in [6.07, 6.45) is 2.27. The normalized spacial score (nSPS) is 17.5. The number of aromatic hydroxyl groups is 1. The van der Waals surface area contributed by atoms with Gasteiger partial charge in [-0.05, 0) is 47.2 Å². The number of nitrogens with zero attached hydrogens (tertiary/aromatic N) is 2. The molecule has 1 aliphatic rings. The van der Waals surface area contributed by atoms with E-state index in [1.165, 1.54) is 0 Å². The third kappa shape index (κ3) is 2.94. The fraction of sp³-hybridized carbons (Fsp3) is 0.368. The summed E-state index contributed by atoms with van der Waals surface area (Å²) >= 11 is 0. The molecule has 0 spiro atoms. The predicted octanol–water partition coefficient (Wildman–Crippen LogP) is 3.16. The summed E-state index contributed by atoms with van der Waals surface area (Å²) in [5.74, 6) is 0.152. The van der Waals surface area contributed by atoms with Gasteiger partial charge in [0.2, 0.25) is 0 Å². The molecular weight excluding hydrogens is 302 g/mol. The number of carbonyl (C=O) groups is 1. The Morgan fingerprint density at radius 1 is 1.29 bits per heavy atom. The summed E-state index contributed by atoms with van der Waals surface area (Å²) in [5.41, 5.74) is 8.73. The summed E-state index contributed by atoms with van der Waals surface area (Å²) in [6.45, 7) is 6.94. The van der Waals surface area contributed by atoms with E-state index in [2.05, 4.69) is 25.8 Å². The quantitative estimate of drug-likeness (QED) is 0.844. The second-order valence-corrected chi connectivity index (χ2v) is 7.37. The van der Waals surface area contributed by atoms with Crippen molar-refractivity contribution in [2.75, 3.05) is 12.3 Å². The minimum absolute atomic E-state index is 0.0856. The Balaban J connectivity index is 2.04.